The Kier molecular flexibility index (Phi) is 8.21. The Morgan fingerprint density at radius 2 is 1.73 bits per heavy atom. The van der Waals surface area contributed by atoms with Crippen molar-refractivity contribution in [3.05, 3.63) is 59.5 Å². The van der Waals surface area contributed by atoms with E-state index in [0.717, 1.165) is 69.6 Å². The summed E-state index contributed by atoms with van der Waals surface area (Å²) in [7, 11) is 0. The van der Waals surface area contributed by atoms with Crippen molar-refractivity contribution in [2.45, 2.75) is 64.5 Å². The fourth-order valence-electron chi connectivity index (χ4n) is 5.07. The van der Waals surface area contributed by atoms with Crippen molar-refractivity contribution in [2.24, 2.45) is 5.92 Å². The zero-order valence-electron chi connectivity index (χ0n) is 19.8. The quantitative estimate of drug-likeness (QED) is 0.651. The van der Waals surface area contributed by atoms with Crippen LogP contribution in [-0.2, 0) is 17.8 Å². The summed E-state index contributed by atoms with van der Waals surface area (Å²) in [6.45, 7) is 6.19. The molecule has 0 radical (unpaired) electrons. The van der Waals surface area contributed by atoms with E-state index in [1.165, 1.54) is 18.4 Å². The van der Waals surface area contributed by atoms with Gasteiger partial charge in [-0.25, -0.2) is 0 Å². The normalized spacial score (nSPS) is 18.4. The molecule has 33 heavy (non-hydrogen) atoms. The Morgan fingerprint density at radius 3 is 2.36 bits per heavy atom. The molecule has 1 aromatic carbocycles. The number of aryl methyl sites for hydroxylation is 1. The van der Waals surface area contributed by atoms with Crippen molar-refractivity contribution in [1.82, 2.24) is 15.1 Å². The highest BCUT2D eigenvalue weighted by Gasteiger charge is 2.31. The summed E-state index contributed by atoms with van der Waals surface area (Å²) in [5.74, 6) is 1.15. The maximum Gasteiger partial charge on any atom is 0.253 e. The molecule has 2 aliphatic rings. The number of carbonyl (C=O) groups is 2. The first-order valence-corrected chi connectivity index (χ1v) is 12.6. The lowest BCUT2D eigenvalue weighted by molar-refractivity contribution is -0.127. The first-order valence-electron chi connectivity index (χ1n) is 12.6. The van der Waals surface area contributed by atoms with Crippen molar-refractivity contribution < 1.29 is 14.0 Å². The maximum absolute atomic E-state index is 12.9. The second-order valence-electron chi connectivity index (χ2n) is 9.43. The third-order valence-electron chi connectivity index (χ3n) is 7.21. The third-order valence-corrected chi connectivity index (χ3v) is 7.21. The van der Waals surface area contributed by atoms with E-state index in [1.54, 1.807) is 6.26 Å². The van der Waals surface area contributed by atoms with E-state index in [9.17, 15) is 9.59 Å². The number of likely N-dealkylation sites (tertiary alicyclic amines) is 2. The first-order chi connectivity index (χ1) is 16.1. The van der Waals surface area contributed by atoms with E-state index in [0.29, 0.717) is 12.6 Å². The summed E-state index contributed by atoms with van der Waals surface area (Å²) < 4.78 is 5.29. The van der Waals surface area contributed by atoms with Crippen LogP contribution < -0.4 is 5.32 Å². The summed E-state index contributed by atoms with van der Waals surface area (Å²) in [4.78, 5) is 30.0. The molecule has 2 aliphatic heterocycles. The molecule has 0 saturated carbocycles. The van der Waals surface area contributed by atoms with E-state index in [-0.39, 0.29) is 17.7 Å². The fraction of sp³-hybridized carbons (Fsp3) is 0.556. The van der Waals surface area contributed by atoms with Gasteiger partial charge in [0.15, 0.2) is 0 Å². The maximum atomic E-state index is 12.9. The Hall–Kier alpha value is -2.60. The van der Waals surface area contributed by atoms with Crippen LogP contribution in [-0.4, -0.2) is 53.8 Å². The average Bonchev–Trinajstić information content (AvgIpc) is 3.40. The Morgan fingerprint density at radius 1 is 1.00 bits per heavy atom. The van der Waals surface area contributed by atoms with Gasteiger partial charge < -0.3 is 19.5 Å². The molecule has 0 aliphatic carbocycles. The van der Waals surface area contributed by atoms with Crippen LogP contribution in [0.15, 0.2) is 47.1 Å². The number of nitrogens with one attached hydrogen (secondary N) is 1. The van der Waals surface area contributed by atoms with Gasteiger partial charge in [-0.05, 0) is 81.4 Å². The van der Waals surface area contributed by atoms with Crippen molar-refractivity contribution in [3.8, 4) is 0 Å². The number of piperidine rings is 2. The monoisotopic (exact) mass is 451 g/mol. The van der Waals surface area contributed by atoms with Gasteiger partial charge in [0, 0.05) is 30.6 Å². The number of hydrogen-bond acceptors (Lipinski definition) is 4. The van der Waals surface area contributed by atoms with Crippen LogP contribution >= 0.6 is 0 Å². The van der Waals surface area contributed by atoms with Crippen LogP contribution in [0.4, 0.5) is 0 Å². The zero-order valence-corrected chi connectivity index (χ0v) is 19.8. The second-order valence-corrected chi connectivity index (χ2v) is 9.43. The molecule has 2 fully saturated rings. The van der Waals surface area contributed by atoms with Gasteiger partial charge >= 0.3 is 0 Å². The van der Waals surface area contributed by atoms with E-state index >= 15 is 0 Å². The van der Waals surface area contributed by atoms with Crippen LogP contribution in [0, 0.1) is 5.92 Å². The second kappa shape index (κ2) is 11.5. The van der Waals surface area contributed by atoms with Crippen molar-refractivity contribution in [1.29, 1.82) is 0 Å². The Balaban J connectivity index is 1.18. The highest BCUT2D eigenvalue weighted by atomic mass is 16.3. The summed E-state index contributed by atoms with van der Waals surface area (Å²) in [6, 6.07) is 12.4. The number of carbonyl (C=O) groups excluding carboxylic acids is 2. The van der Waals surface area contributed by atoms with Crippen molar-refractivity contribution in [3.63, 3.8) is 0 Å². The summed E-state index contributed by atoms with van der Waals surface area (Å²) in [5.41, 5.74) is 2.11. The Bertz CT molecular complexity index is 878. The lowest BCUT2D eigenvalue weighted by atomic mass is 9.92. The number of nitrogens with zero attached hydrogens (tertiary/aromatic N) is 2. The smallest absolute Gasteiger partial charge is 0.253 e. The number of furan rings is 1. The summed E-state index contributed by atoms with van der Waals surface area (Å²) in [5, 5.41) is 3.00. The Labute approximate surface area is 197 Å². The average molecular weight is 452 g/mol. The molecule has 178 valence electrons. The van der Waals surface area contributed by atoms with Gasteiger partial charge in [-0.3, -0.25) is 9.59 Å². The minimum absolute atomic E-state index is 0.0816. The van der Waals surface area contributed by atoms with E-state index in [4.69, 9.17) is 4.42 Å². The van der Waals surface area contributed by atoms with Gasteiger partial charge in [0.2, 0.25) is 5.91 Å². The lowest BCUT2D eigenvalue weighted by Gasteiger charge is -2.41. The van der Waals surface area contributed by atoms with E-state index in [1.807, 2.05) is 29.2 Å². The molecule has 0 spiro atoms. The lowest BCUT2D eigenvalue weighted by Crippen LogP contribution is -2.50. The molecule has 2 aromatic rings. The minimum Gasteiger partial charge on any atom is -0.467 e. The van der Waals surface area contributed by atoms with Gasteiger partial charge in [0.05, 0.1) is 12.8 Å². The molecule has 1 N–H and O–H groups in total. The van der Waals surface area contributed by atoms with Gasteiger partial charge in [0.1, 0.15) is 5.76 Å². The molecule has 4 rings (SSSR count). The van der Waals surface area contributed by atoms with Crippen LogP contribution in [0.1, 0.15) is 67.1 Å². The largest absolute Gasteiger partial charge is 0.467 e. The van der Waals surface area contributed by atoms with Gasteiger partial charge in [0.25, 0.3) is 5.91 Å². The first kappa shape index (κ1) is 23.6. The van der Waals surface area contributed by atoms with Crippen molar-refractivity contribution >= 4 is 11.8 Å². The molecule has 0 unspecified atom stereocenters. The topological polar surface area (TPSA) is 65.8 Å². The van der Waals surface area contributed by atoms with Gasteiger partial charge in [-0.2, -0.15) is 0 Å². The number of unbranched alkanes of at least 4 members (excludes halogenated alkanes) is 1. The zero-order chi connectivity index (χ0) is 23.0. The van der Waals surface area contributed by atoms with Crippen LogP contribution in [0.3, 0.4) is 0 Å². The standard InChI is InChI=1S/C27H37N3O3/c1-2-3-5-21-7-9-23(10-8-21)27(32)30-17-13-24(14-18-30)29-15-11-22(12-16-29)26(31)28-20-25-6-4-19-33-25/h4,6-10,19,22,24H,2-3,5,11-18,20H2,1H3,(H,28,31). The third kappa shape index (κ3) is 6.26. The molecule has 6 heteroatoms. The molecule has 6 nitrogen and oxygen atoms in total. The highest BCUT2D eigenvalue weighted by molar-refractivity contribution is 5.94. The molecule has 2 saturated heterocycles. The molecular weight excluding hydrogens is 414 g/mol. The van der Waals surface area contributed by atoms with Crippen LogP contribution in [0.5, 0.6) is 0 Å². The predicted molar refractivity (Wildman–Crippen MR) is 129 cm³/mol. The molecule has 0 bridgehead atoms. The van der Waals surface area contributed by atoms with E-state index in [2.05, 4.69) is 29.3 Å². The molecule has 1 aromatic heterocycles. The van der Waals surface area contributed by atoms with Gasteiger partial charge in [-0.15, -0.1) is 0 Å². The van der Waals surface area contributed by atoms with Crippen LogP contribution in [0.2, 0.25) is 0 Å². The molecule has 3 heterocycles. The van der Waals surface area contributed by atoms with E-state index < -0.39 is 0 Å². The molecule has 0 atom stereocenters. The number of hydrogen-bond donors (Lipinski definition) is 1. The molecular formula is C27H37N3O3. The SMILES string of the molecule is CCCCc1ccc(C(=O)N2CCC(N3CCC(C(=O)NCc4ccco4)CC3)CC2)cc1. The minimum atomic E-state index is 0.0816. The number of amides is 2. The molecule has 2 amide bonds. The summed E-state index contributed by atoms with van der Waals surface area (Å²) in [6.07, 6.45) is 8.90. The number of benzene rings is 1. The van der Waals surface area contributed by atoms with Crippen LogP contribution in [0.25, 0.3) is 0 Å². The van der Waals surface area contributed by atoms with Crippen molar-refractivity contribution in [2.75, 3.05) is 26.2 Å². The number of rotatable bonds is 8. The van der Waals surface area contributed by atoms with Gasteiger partial charge in [-0.1, -0.05) is 25.5 Å². The summed E-state index contributed by atoms with van der Waals surface area (Å²) >= 11 is 0. The fourth-order valence-corrected chi connectivity index (χ4v) is 5.07. The predicted octanol–water partition coefficient (Wildman–Crippen LogP) is 4.26. The highest BCUT2D eigenvalue weighted by Crippen LogP contribution is 2.25.